The predicted molar refractivity (Wildman–Crippen MR) is 95.1 cm³/mol. The van der Waals surface area contributed by atoms with Gasteiger partial charge in [0.25, 0.3) is 0 Å². The average Bonchev–Trinajstić information content (AvgIpc) is 3.17. The molecule has 7 heteroatoms. The number of alkyl halides is 3. The van der Waals surface area contributed by atoms with E-state index in [1.54, 1.807) is 6.07 Å². The van der Waals surface area contributed by atoms with Crippen LogP contribution in [-0.2, 0) is 23.9 Å². The van der Waals surface area contributed by atoms with E-state index in [-0.39, 0.29) is 11.8 Å². The van der Waals surface area contributed by atoms with Gasteiger partial charge in [-0.15, -0.1) is 0 Å². The molecule has 1 fully saturated rings. The molecule has 1 saturated heterocycles. The lowest BCUT2D eigenvalue weighted by atomic mass is 9.98. The Balaban J connectivity index is 1.43. The van der Waals surface area contributed by atoms with E-state index >= 15 is 0 Å². The minimum absolute atomic E-state index is 0.0945. The molecule has 4 nitrogen and oxygen atoms in total. The van der Waals surface area contributed by atoms with Crippen LogP contribution in [0.2, 0.25) is 0 Å². The second-order valence-corrected chi connectivity index (χ2v) is 7.11. The Kier molecular flexibility index (Phi) is 4.53. The molecule has 2 aliphatic heterocycles. The number of hydrogen-bond donors (Lipinski definition) is 0. The van der Waals surface area contributed by atoms with Crippen molar-refractivity contribution in [2.24, 2.45) is 5.92 Å². The van der Waals surface area contributed by atoms with Gasteiger partial charge in [-0.25, -0.2) is 0 Å². The predicted octanol–water partition coefficient (Wildman–Crippen LogP) is 3.51. The summed E-state index contributed by atoms with van der Waals surface area (Å²) in [6, 6.07) is 10.8. The molecular weight excluding hydrogens is 355 g/mol. The van der Waals surface area contributed by atoms with Gasteiger partial charge in [-0.2, -0.15) is 13.2 Å². The Morgan fingerprint density at radius 1 is 1.11 bits per heavy atom. The van der Waals surface area contributed by atoms with Crippen LogP contribution in [0.5, 0.6) is 0 Å². The van der Waals surface area contributed by atoms with Crippen molar-refractivity contribution < 1.29 is 18.0 Å². The summed E-state index contributed by atoms with van der Waals surface area (Å²) in [5.74, 6) is -0.0881. The summed E-state index contributed by atoms with van der Waals surface area (Å²) in [6.45, 7) is 2.32. The molecule has 142 valence electrons. The molecule has 27 heavy (non-hydrogen) atoms. The van der Waals surface area contributed by atoms with E-state index in [4.69, 9.17) is 0 Å². The van der Waals surface area contributed by atoms with Gasteiger partial charge in [-0.1, -0.05) is 24.3 Å². The Bertz CT molecular complexity index is 852. The van der Waals surface area contributed by atoms with E-state index in [9.17, 15) is 18.0 Å². The number of halogens is 3. The van der Waals surface area contributed by atoms with Crippen molar-refractivity contribution in [3.8, 4) is 0 Å². The number of carbonyl (C=O) groups excluding carboxylic acids is 1. The number of benzene rings is 1. The van der Waals surface area contributed by atoms with Crippen LogP contribution in [-0.4, -0.2) is 35.4 Å². The number of anilines is 1. The number of fused-ring (bicyclic) bond motifs is 1. The highest BCUT2D eigenvalue weighted by molar-refractivity contribution is 5.80. The molecule has 2 aromatic rings. The molecule has 4 rings (SSSR count). The van der Waals surface area contributed by atoms with Crippen molar-refractivity contribution in [2.45, 2.75) is 25.6 Å². The maximum atomic E-state index is 12.9. The number of hydrogen-bond acceptors (Lipinski definition) is 3. The minimum atomic E-state index is -4.47. The van der Waals surface area contributed by atoms with Crippen molar-refractivity contribution in [2.75, 3.05) is 24.5 Å². The van der Waals surface area contributed by atoms with Crippen LogP contribution in [0.3, 0.4) is 0 Å². The average molecular weight is 375 g/mol. The standard InChI is InChI=1S/C20H20F3N3O/c21-20(22,23)18-11-17(5-8-24-18)25-9-7-16(13-25)19(27)26-10-6-14-3-1-2-4-15(14)12-26/h1-5,8,11,16H,6-7,9-10,12-13H2. The lowest BCUT2D eigenvalue weighted by molar-refractivity contribution is -0.141. The zero-order chi connectivity index (χ0) is 19.0. The molecule has 1 aromatic heterocycles. The van der Waals surface area contributed by atoms with E-state index in [1.807, 2.05) is 28.0 Å². The SMILES string of the molecule is O=C(C1CCN(c2ccnc(C(F)(F)F)c2)C1)N1CCc2ccccc2C1. The molecule has 0 bridgehead atoms. The van der Waals surface area contributed by atoms with E-state index < -0.39 is 11.9 Å². The van der Waals surface area contributed by atoms with Gasteiger partial charge >= 0.3 is 6.18 Å². The van der Waals surface area contributed by atoms with E-state index in [0.717, 1.165) is 12.5 Å². The fourth-order valence-electron chi connectivity index (χ4n) is 3.91. The fourth-order valence-corrected chi connectivity index (χ4v) is 3.91. The molecule has 1 aromatic carbocycles. The molecule has 1 amide bonds. The maximum absolute atomic E-state index is 12.9. The van der Waals surface area contributed by atoms with Gasteiger partial charge in [0, 0.05) is 38.1 Å². The number of nitrogens with zero attached hydrogens (tertiary/aromatic N) is 3. The first-order valence-electron chi connectivity index (χ1n) is 9.05. The van der Waals surface area contributed by atoms with Crippen LogP contribution >= 0.6 is 0 Å². The minimum Gasteiger partial charge on any atom is -0.371 e. The first-order valence-corrected chi connectivity index (χ1v) is 9.05. The normalized spacial score (nSPS) is 19.9. The van der Waals surface area contributed by atoms with Crippen molar-refractivity contribution in [3.05, 3.63) is 59.4 Å². The zero-order valence-corrected chi connectivity index (χ0v) is 14.7. The molecular formula is C20H20F3N3O. The molecule has 3 heterocycles. The molecule has 1 unspecified atom stereocenters. The Hall–Kier alpha value is -2.57. The molecule has 0 spiro atoms. The zero-order valence-electron chi connectivity index (χ0n) is 14.7. The second-order valence-electron chi connectivity index (χ2n) is 7.11. The third kappa shape index (κ3) is 3.63. The largest absolute Gasteiger partial charge is 0.433 e. The molecule has 0 N–H and O–H groups in total. The first-order chi connectivity index (χ1) is 12.9. The summed E-state index contributed by atoms with van der Waals surface area (Å²) in [7, 11) is 0. The summed E-state index contributed by atoms with van der Waals surface area (Å²) in [4.78, 5) is 20.0. The topological polar surface area (TPSA) is 36.4 Å². The van der Waals surface area contributed by atoms with Crippen LogP contribution in [0.1, 0.15) is 23.2 Å². The van der Waals surface area contributed by atoms with Crippen molar-refractivity contribution in [3.63, 3.8) is 0 Å². The number of rotatable bonds is 2. The van der Waals surface area contributed by atoms with Gasteiger partial charge in [0.15, 0.2) is 0 Å². The first kappa shape index (κ1) is 17.8. The van der Waals surface area contributed by atoms with E-state index in [2.05, 4.69) is 11.1 Å². The molecule has 0 aliphatic carbocycles. The number of aromatic nitrogens is 1. The highest BCUT2D eigenvalue weighted by atomic mass is 19.4. The van der Waals surface area contributed by atoms with Crippen LogP contribution < -0.4 is 4.90 Å². The van der Waals surface area contributed by atoms with Crippen LogP contribution in [0.4, 0.5) is 18.9 Å². The summed E-state index contributed by atoms with van der Waals surface area (Å²) >= 11 is 0. The third-order valence-electron chi connectivity index (χ3n) is 5.38. The molecule has 1 atom stereocenters. The summed E-state index contributed by atoms with van der Waals surface area (Å²) in [5.41, 5.74) is 2.03. The third-order valence-corrected chi connectivity index (χ3v) is 5.38. The van der Waals surface area contributed by atoms with Crippen molar-refractivity contribution in [1.29, 1.82) is 0 Å². The lowest BCUT2D eigenvalue weighted by Crippen LogP contribution is -2.40. The summed E-state index contributed by atoms with van der Waals surface area (Å²) in [6.07, 6.45) is -1.79. The lowest BCUT2D eigenvalue weighted by Gasteiger charge is -2.31. The Morgan fingerprint density at radius 3 is 2.67 bits per heavy atom. The van der Waals surface area contributed by atoms with Gasteiger partial charge in [0.1, 0.15) is 5.69 Å². The van der Waals surface area contributed by atoms with Gasteiger partial charge in [0.2, 0.25) is 5.91 Å². The molecule has 0 radical (unpaired) electrons. The highest BCUT2D eigenvalue weighted by Crippen LogP contribution is 2.32. The highest BCUT2D eigenvalue weighted by Gasteiger charge is 2.35. The van der Waals surface area contributed by atoms with E-state index in [1.165, 1.54) is 17.3 Å². The smallest absolute Gasteiger partial charge is 0.371 e. The Morgan fingerprint density at radius 2 is 1.89 bits per heavy atom. The number of pyridine rings is 1. The van der Waals surface area contributed by atoms with Crippen LogP contribution in [0.15, 0.2) is 42.6 Å². The fraction of sp³-hybridized carbons (Fsp3) is 0.400. The number of amides is 1. The quantitative estimate of drug-likeness (QED) is 0.806. The Labute approximate surface area is 155 Å². The summed E-state index contributed by atoms with van der Waals surface area (Å²) < 4.78 is 38.6. The van der Waals surface area contributed by atoms with E-state index in [0.29, 0.717) is 38.3 Å². The maximum Gasteiger partial charge on any atom is 0.433 e. The number of carbonyl (C=O) groups is 1. The van der Waals surface area contributed by atoms with Gasteiger partial charge < -0.3 is 9.80 Å². The molecule has 0 saturated carbocycles. The van der Waals surface area contributed by atoms with Crippen LogP contribution in [0, 0.1) is 5.92 Å². The van der Waals surface area contributed by atoms with Crippen LogP contribution in [0.25, 0.3) is 0 Å². The second kappa shape index (κ2) is 6.87. The van der Waals surface area contributed by atoms with Crippen molar-refractivity contribution in [1.82, 2.24) is 9.88 Å². The van der Waals surface area contributed by atoms with Crippen molar-refractivity contribution >= 4 is 11.6 Å². The summed E-state index contributed by atoms with van der Waals surface area (Å²) in [5, 5.41) is 0. The van der Waals surface area contributed by atoms with Gasteiger partial charge in [0.05, 0.1) is 5.92 Å². The van der Waals surface area contributed by atoms with Gasteiger partial charge in [-0.05, 0) is 36.1 Å². The van der Waals surface area contributed by atoms with Gasteiger partial charge in [-0.3, -0.25) is 9.78 Å². The molecule has 2 aliphatic rings. The monoisotopic (exact) mass is 375 g/mol.